The van der Waals surface area contributed by atoms with Crippen LogP contribution >= 0.6 is 0 Å². The minimum atomic E-state index is -4.45. The lowest BCUT2D eigenvalue weighted by Crippen LogP contribution is -2.05. The lowest BCUT2D eigenvalue weighted by Gasteiger charge is -2.15. The van der Waals surface area contributed by atoms with Crippen LogP contribution in [0.5, 0.6) is 11.5 Å². The maximum Gasteiger partial charge on any atom is 0.416 e. The van der Waals surface area contributed by atoms with Crippen molar-refractivity contribution in [3.63, 3.8) is 0 Å². The van der Waals surface area contributed by atoms with Gasteiger partial charge in [0.25, 0.3) is 0 Å². The summed E-state index contributed by atoms with van der Waals surface area (Å²) in [5.74, 6) is 1.20. The molecule has 1 heterocycles. The van der Waals surface area contributed by atoms with Crippen molar-refractivity contribution in [2.75, 3.05) is 0 Å². The summed E-state index contributed by atoms with van der Waals surface area (Å²) in [5, 5.41) is 0. The van der Waals surface area contributed by atoms with Crippen molar-refractivity contribution >= 4 is 0 Å². The van der Waals surface area contributed by atoms with Gasteiger partial charge in [-0.25, -0.2) is 0 Å². The zero-order chi connectivity index (χ0) is 20.3. The first-order valence-corrected chi connectivity index (χ1v) is 9.05. The SMILES string of the molecule is FC(F)(F)c1ccc(Oc2ccccc2Cc2ccccc2)c(-c2ccco2)c1. The van der Waals surface area contributed by atoms with Crippen LogP contribution in [-0.4, -0.2) is 0 Å². The predicted molar refractivity (Wildman–Crippen MR) is 105 cm³/mol. The second-order valence-electron chi connectivity index (χ2n) is 6.56. The van der Waals surface area contributed by atoms with Crippen molar-refractivity contribution < 1.29 is 22.3 Å². The Hall–Kier alpha value is -3.47. The molecule has 146 valence electrons. The minimum absolute atomic E-state index is 0.249. The van der Waals surface area contributed by atoms with Crippen molar-refractivity contribution in [1.29, 1.82) is 0 Å². The molecular formula is C24H17F3O2. The highest BCUT2D eigenvalue weighted by atomic mass is 19.4. The number of rotatable bonds is 5. The predicted octanol–water partition coefficient (Wildman–Crippen LogP) is 7.35. The summed E-state index contributed by atoms with van der Waals surface area (Å²) in [6.07, 6.45) is -2.39. The molecule has 0 fully saturated rings. The molecule has 0 aliphatic carbocycles. The van der Waals surface area contributed by atoms with Crippen LogP contribution in [0, 0.1) is 0 Å². The van der Waals surface area contributed by atoms with Crippen molar-refractivity contribution in [3.8, 4) is 22.8 Å². The number of ether oxygens (including phenoxy) is 1. The van der Waals surface area contributed by atoms with E-state index in [4.69, 9.17) is 9.15 Å². The van der Waals surface area contributed by atoms with Gasteiger partial charge in [0.1, 0.15) is 17.3 Å². The highest BCUT2D eigenvalue weighted by molar-refractivity contribution is 5.68. The van der Waals surface area contributed by atoms with Crippen molar-refractivity contribution in [2.24, 2.45) is 0 Å². The Morgan fingerprint density at radius 2 is 1.52 bits per heavy atom. The number of halogens is 3. The number of hydrogen-bond acceptors (Lipinski definition) is 2. The third kappa shape index (κ3) is 4.35. The van der Waals surface area contributed by atoms with Crippen molar-refractivity contribution in [3.05, 3.63) is 108 Å². The second-order valence-corrected chi connectivity index (χ2v) is 6.56. The summed E-state index contributed by atoms with van der Waals surface area (Å²) in [4.78, 5) is 0. The number of furan rings is 1. The molecule has 0 saturated carbocycles. The van der Waals surface area contributed by atoms with Crippen LogP contribution in [0.15, 0.2) is 95.6 Å². The van der Waals surface area contributed by atoms with E-state index in [0.29, 0.717) is 23.7 Å². The Morgan fingerprint density at radius 3 is 2.24 bits per heavy atom. The van der Waals surface area contributed by atoms with Crippen molar-refractivity contribution in [1.82, 2.24) is 0 Å². The fraction of sp³-hybridized carbons (Fsp3) is 0.0833. The molecule has 1 aromatic heterocycles. The number of benzene rings is 3. The Bertz CT molecular complexity index is 1080. The standard InChI is InChI=1S/C24H17F3O2/c25-24(26,27)19-12-13-23(20(16-19)22-11-6-14-28-22)29-21-10-5-4-9-18(21)15-17-7-2-1-3-8-17/h1-14,16H,15H2. The minimum Gasteiger partial charge on any atom is -0.464 e. The summed E-state index contributed by atoms with van der Waals surface area (Å²) in [6.45, 7) is 0. The molecule has 0 atom stereocenters. The van der Waals surface area contributed by atoms with Crippen LogP contribution < -0.4 is 4.74 Å². The van der Waals surface area contributed by atoms with Gasteiger partial charge in [-0.1, -0.05) is 48.5 Å². The normalized spacial score (nSPS) is 11.4. The first-order valence-electron chi connectivity index (χ1n) is 9.05. The van der Waals surface area contributed by atoms with E-state index in [2.05, 4.69) is 0 Å². The molecule has 3 aromatic carbocycles. The second kappa shape index (κ2) is 7.87. The zero-order valence-electron chi connectivity index (χ0n) is 15.3. The van der Waals surface area contributed by atoms with E-state index in [1.165, 1.54) is 12.3 Å². The lowest BCUT2D eigenvalue weighted by molar-refractivity contribution is -0.137. The third-order valence-electron chi connectivity index (χ3n) is 4.52. The molecule has 4 aromatic rings. The molecule has 0 aliphatic rings. The van der Waals surface area contributed by atoms with Crippen LogP contribution in [0.1, 0.15) is 16.7 Å². The summed E-state index contributed by atoms with van der Waals surface area (Å²) < 4.78 is 51.0. The molecule has 2 nitrogen and oxygen atoms in total. The van der Waals surface area contributed by atoms with Gasteiger partial charge in [0.15, 0.2) is 0 Å². The zero-order valence-corrected chi connectivity index (χ0v) is 15.3. The molecule has 0 spiro atoms. The molecule has 0 aliphatic heterocycles. The molecule has 0 amide bonds. The largest absolute Gasteiger partial charge is 0.464 e. The van der Waals surface area contributed by atoms with Crippen LogP contribution in [0.4, 0.5) is 13.2 Å². The maximum absolute atomic E-state index is 13.2. The van der Waals surface area contributed by atoms with Gasteiger partial charge < -0.3 is 9.15 Å². The van der Waals surface area contributed by atoms with E-state index in [0.717, 1.165) is 23.3 Å². The highest BCUT2D eigenvalue weighted by Gasteiger charge is 2.31. The third-order valence-corrected chi connectivity index (χ3v) is 4.52. The lowest BCUT2D eigenvalue weighted by atomic mass is 10.0. The molecule has 0 bridgehead atoms. The van der Waals surface area contributed by atoms with E-state index in [9.17, 15) is 13.2 Å². The van der Waals surface area contributed by atoms with Gasteiger partial charge in [-0.15, -0.1) is 0 Å². The van der Waals surface area contributed by atoms with Gasteiger partial charge in [0.05, 0.1) is 17.4 Å². The molecule has 29 heavy (non-hydrogen) atoms. The van der Waals surface area contributed by atoms with Gasteiger partial charge in [0, 0.05) is 6.42 Å². The Labute approximate surface area is 166 Å². The monoisotopic (exact) mass is 394 g/mol. The number of hydrogen-bond donors (Lipinski definition) is 0. The van der Waals surface area contributed by atoms with Gasteiger partial charge in [-0.05, 0) is 47.5 Å². The van der Waals surface area contributed by atoms with Crippen molar-refractivity contribution in [2.45, 2.75) is 12.6 Å². The molecule has 0 N–H and O–H groups in total. The quantitative estimate of drug-likeness (QED) is 0.353. The molecule has 0 saturated heterocycles. The van der Waals surface area contributed by atoms with E-state index in [1.54, 1.807) is 12.1 Å². The maximum atomic E-state index is 13.2. The van der Waals surface area contributed by atoms with E-state index in [1.807, 2.05) is 54.6 Å². The van der Waals surface area contributed by atoms with Gasteiger partial charge in [0.2, 0.25) is 0 Å². The Kier molecular flexibility index (Phi) is 5.12. The van der Waals surface area contributed by atoms with E-state index < -0.39 is 11.7 Å². The number of alkyl halides is 3. The molecule has 0 radical (unpaired) electrons. The van der Waals surface area contributed by atoms with E-state index in [-0.39, 0.29) is 5.56 Å². The summed E-state index contributed by atoms with van der Waals surface area (Å²) in [6, 6.07) is 24.0. The van der Waals surface area contributed by atoms with E-state index >= 15 is 0 Å². The smallest absolute Gasteiger partial charge is 0.416 e. The fourth-order valence-corrected chi connectivity index (χ4v) is 3.10. The highest BCUT2D eigenvalue weighted by Crippen LogP contribution is 2.39. The first-order chi connectivity index (χ1) is 14.0. The van der Waals surface area contributed by atoms with Gasteiger partial charge >= 0.3 is 6.18 Å². The molecular weight excluding hydrogens is 377 g/mol. The Morgan fingerprint density at radius 1 is 0.759 bits per heavy atom. The van der Waals surface area contributed by atoms with Gasteiger partial charge in [-0.2, -0.15) is 13.2 Å². The average Bonchev–Trinajstić information content (AvgIpc) is 3.24. The summed E-state index contributed by atoms with van der Waals surface area (Å²) in [5.41, 5.74) is 1.54. The average molecular weight is 394 g/mol. The Balaban J connectivity index is 1.72. The number of para-hydroxylation sites is 1. The summed E-state index contributed by atoms with van der Waals surface area (Å²) in [7, 11) is 0. The first kappa shape index (κ1) is 18.9. The van der Waals surface area contributed by atoms with Crippen LogP contribution in [0.2, 0.25) is 0 Å². The van der Waals surface area contributed by atoms with Crippen LogP contribution in [0.25, 0.3) is 11.3 Å². The van der Waals surface area contributed by atoms with Gasteiger partial charge in [-0.3, -0.25) is 0 Å². The molecule has 4 rings (SSSR count). The van der Waals surface area contributed by atoms with Crippen LogP contribution in [-0.2, 0) is 12.6 Å². The van der Waals surface area contributed by atoms with Crippen LogP contribution in [0.3, 0.4) is 0 Å². The fourth-order valence-electron chi connectivity index (χ4n) is 3.10. The topological polar surface area (TPSA) is 22.4 Å². The molecule has 5 heteroatoms. The molecule has 0 unspecified atom stereocenters. The summed E-state index contributed by atoms with van der Waals surface area (Å²) >= 11 is 0.